The van der Waals surface area contributed by atoms with Crippen LogP contribution in [0.3, 0.4) is 0 Å². The van der Waals surface area contributed by atoms with E-state index in [4.69, 9.17) is 16.3 Å². The predicted molar refractivity (Wildman–Crippen MR) is 102 cm³/mol. The Morgan fingerprint density at radius 1 is 1.07 bits per heavy atom. The van der Waals surface area contributed by atoms with Gasteiger partial charge in [-0.25, -0.2) is 9.37 Å². The molecule has 0 aliphatic rings. The van der Waals surface area contributed by atoms with Gasteiger partial charge in [-0.3, -0.25) is 4.79 Å². The summed E-state index contributed by atoms with van der Waals surface area (Å²) in [6.45, 7) is 0.640. The molecule has 3 rings (SSSR count). The van der Waals surface area contributed by atoms with E-state index in [1.807, 2.05) is 18.2 Å². The van der Waals surface area contributed by atoms with E-state index in [1.54, 1.807) is 36.5 Å². The summed E-state index contributed by atoms with van der Waals surface area (Å²) in [5.74, 6) is -0.0857. The Labute approximate surface area is 162 Å². The fraction of sp³-hybridized carbons (Fsp3) is 0.143. The smallest absolute Gasteiger partial charge is 0.224 e. The van der Waals surface area contributed by atoms with E-state index in [9.17, 15) is 9.18 Å². The normalized spacial score (nSPS) is 10.4. The molecule has 0 bridgehead atoms. The van der Waals surface area contributed by atoms with Gasteiger partial charge in [-0.1, -0.05) is 41.9 Å². The van der Waals surface area contributed by atoms with Crippen LogP contribution in [0.4, 0.5) is 4.39 Å². The van der Waals surface area contributed by atoms with Crippen LogP contribution in [0.1, 0.15) is 16.7 Å². The molecule has 0 spiro atoms. The van der Waals surface area contributed by atoms with E-state index in [2.05, 4.69) is 10.3 Å². The molecule has 0 fully saturated rings. The predicted octanol–water partition coefficient (Wildman–Crippen LogP) is 4.31. The standard InChI is InChI=1S/C21H18ClFN2O2/c22-19-7-2-1-5-17(19)14-27-21-12-16(8-9-24-21)13-25-20(26)11-15-4-3-6-18(23)10-15/h1-10,12H,11,13-14H2,(H,25,26). The Morgan fingerprint density at radius 2 is 1.93 bits per heavy atom. The van der Waals surface area contributed by atoms with Gasteiger partial charge in [-0.05, 0) is 35.4 Å². The van der Waals surface area contributed by atoms with E-state index in [0.29, 0.717) is 29.6 Å². The van der Waals surface area contributed by atoms with Crippen molar-refractivity contribution < 1.29 is 13.9 Å². The maximum Gasteiger partial charge on any atom is 0.224 e. The largest absolute Gasteiger partial charge is 0.473 e. The minimum absolute atomic E-state index is 0.124. The molecule has 0 saturated heterocycles. The number of carbonyl (C=O) groups excluding carboxylic acids is 1. The number of rotatable bonds is 7. The average molecular weight is 385 g/mol. The molecule has 0 aliphatic carbocycles. The molecule has 0 aliphatic heterocycles. The summed E-state index contributed by atoms with van der Waals surface area (Å²) < 4.78 is 18.9. The zero-order valence-electron chi connectivity index (χ0n) is 14.5. The number of ether oxygens (including phenoxy) is 1. The van der Waals surface area contributed by atoms with Crippen LogP contribution in [-0.2, 0) is 24.4 Å². The fourth-order valence-corrected chi connectivity index (χ4v) is 2.69. The topological polar surface area (TPSA) is 51.2 Å². The molecule has 0 radical (unpaired) electrons. The molecule has 0 atom stereocenters. The van der Waals surface area contributed by atoms with Crippen molar-refractivity contribution >= 4 is 17.5 Å². The van der Waals surface area contributed by atoms with Crippen molar-refractivity contribution in [3.05, 3.63) is 94.4 Å². The second-order valence-electron chi connectivity index (χ2n) is 5.97. The first kappa shape index (κ1) is 18.9. The van der Waals surface area contributed by atoms with E-state index >= 15 is 0 Å². The molecule has 1 N–H and O–H groups in total. The van der Waals surface area contributed by atoms with Crippen molar-refractivity contribution in [3.8, 4) is 5.88 Å². The van der Waals surface area contributed by atoms with E-state index in [-0.39, 0.29) is 18.1 Å². The van der Waals surface area contributed by atoms with Gasteiger partial charge in [0.25, 0.3) is 0 Å². The molecule has 0 unspecified atom stereocenters. The van der Waals surface area contributed by atoms with Gasteiger partial charge in [0, 0.05) is 29.4 Å². The molecule has 1 amide bonds. The van der Waals surface area contributed by atoms with Crippen molar-refractivity contribution in [1.82, 2.24) is 10.3 Å². The summed E-state index contributed by atoms with van der Waals surface area (Å²) in [6, 6.07) is 17.0. The molecule has 1 heterocycles. The van der Waals surface area contributed by atoms with Crippen LogP contribution in [0.15, 0.2) is 66.9 Å². The summed E-state index contributed by atoms with van der Waals surface area (Å²) in [5.41, 5.74) is 2.35. The van der Waals surface area contributed by atoms with Gasteiger partial charge < -0.3 is 10.1 Å². The average Bonchev–Trinajstić information content (AvgIpc) is 2.66. The summed E-state index contributed by atoms with van der Waals surface area (Å²) in [7, 11) is 0. The summed E-state index contributed by atoms with van der Waals surface area (Å²) in [4.78, 5) is 16.2. The molecule has 3 aromatic rings. The first-order valence-corrected chi connectivity index (χ1v) is 8.80. The second kappa shape index (κ2) is 9.14. The summed E-state index contributed by atoms with van der Waals surface area (Å²) in [6.07, 6.45) is 1.74. The van der Waals surface area contributed by atoms with Crippen molar-refractivity contribution in [2.24, 2.45) is 0 Å². The third-order valence-electron chi connectivity index (χ3n) is 3.88. The number of benzene rings is 2. The highest BCUT2D eigenvalue weighted by atomic mass is 35.5. The maximum atomic E-state index is 13.2. The van der Waals surface area contributed by atoms with Crippen molar-refractivity contribution in [1.29, 1.82) is 0 Å². The third kappa shape index (κ3) is 5.79. The summed E-state index contributed by atoms with van der Waals surface area (Å²) >= 11 is 6.11. The quantitative estimate of drug-likeness (QED) is 0.660. The van der Waals surface area contributed by atoms with Crippen LogP contribution in [0.25, 0.3) is 0 Å². The van der Waals surface area contributed by atoms with Gasteiger partial charge in [0.15, 0.2) is 0 Å². The lowest BCUT2D eigenvalue weighted by Gasteiger charge is -2.09. The van der Waals surface area contributed by atoms with Gasteiger partial charge in [0.1, 0.15) is 12.4 Å². The number of halogens is 2. The molecule has 0 saturated carbocycles. The Balaban J connectivity index is 1.53. The first-order chi connectivity index (χ1) is 13.1. The zero-order chi connectivity index (χ0) is 19.1. The van der Waals surface area contributed by atoms with E-state index in [0.717, 1.165) is 11.1 Å². The fourth-order valence-electron chi connectivity index (χ4n) is 2.50. The number of hydrogen-bond acceptors (Lipinski definition) is 3. The minimum atomic E-state index is -0.352. The number of pyridine rings is 1. The number of carbonyl (C=O) groups is 1. The summed E-state index contributed by atoms with van der Waals surface area (Å²) in [5, 5.41) is 3.45. The van der Waals surface area contributed by atoms with E-state index in [1.165, 1.54) is 12.1 Å². The highest BCUT2D eigenvalue weighted by Gasteiger charge is 2.06. The SMILES string of the molecule is O=C(Cc1cccc(F)c1)NCc1ccnc(OCc2ccccc2Cl)c1. The highest BCUT2D eigenvalue weighted by molar-refractivity contribution is 6.31. The molecular weight excluding hydrogens is 367 g/mol. The lowest BCUT2D eigenvalue weighted by molar-refractivity contribution is -0.120. The molecule has 4 nitrogen and oxygen atoms in total. The highest BCUT2D eigenvalue weighted by Crippen LogP contribution is 2.18. The molecule has 1 aromatic heterocycles. The maximum absolute atomic E-state index is 13.2. The van der Waals surface area contributed by atoms with Crippen molar-refractivity contribution in [3.63, 3.8) is 0 Å². The van der Waals surface area contributed by atoms with Crippen LogP contribution in [0, 0.1) is 5.82 Å². The lowest BCUT2D eigenvalue weighted by atomic mass is 10.1. The number of aromatic nitrogens is 1. The van der Waals surface area contributed by atoms with Crippen LogP contribution < -0.4 is 10.1 Å². The van der Waals surface area contributed by atoms with Gasteiger partial charge in [-0.2, -0.15) is 0 Å². The first-order valence-electron chi connectivity index (χ1n) is 8.42. The van der Waals surface area contributed by atoms with Crippen LogP contribution in [0.5, 0.6) is 5.88 Å². The van der Waals surface area contributed by atoms with Crippen LogP contribution >= 0.6 is 11.6 Å². The third-order valence-corrected chi connectivity index (χ3v) is 4.24. The van der Waals surface area contributed by atoms with Gasteiger partial charge >= 0.3 is 0 Å². The number of amides is 1. The van der Waals surface area contributed by atoms with Crippen LogP contribution in [0.2, 0.25) is 5.02 Å². The number of hydrogen-bond donors (Lipinski definition) is 1. The molecular formula is C21H18ClFN2O2. The lowest BCUT2D eigenvalue weighted by Crippen LogP contribution is -2.24. The Morgan fingerprint density at radius 3 is 2.74 bits per heavy atom. The van der Waals surface area contributed by atoms with E-state index < -0.39 is 0 Å². The molecule has 6 heteroatoms. The Hall–Kier alpha value is -2.92. The monoisotopic (exact) mass is 384 g/mol. The number of nitrogens with zero attached hydrogens (tertiary/aromatic N) is 1. The van der Waals surface area contributed by atoms with Crippen LogP contribution in [-0.4, -0.2) is 10.9 Å². The zero-order valence-corrected chi connectivity index (χ0v) is 15.2. The second-order valence-corrected chi connectivity index (χ2v) is 6.37. The van der Waals surface area contributed by atoms with Gasteiger partial charge in [0.2, 0.25) is 11.8 Å². The van der Waals surface area contributed by atoms with Gasteiger partial charge in [-0.15, -0.1) is 0 Å². The van der Waals surface area contributed by atoms with Gasteiger partial charge in [0.05, 0.1) is 6.42 Å². The molecule has 2 aromatic carbocycles. The van der Waals surface area contributed by atoms with Crippen molar-refractivity contribution in [2.45, 2.75) is 19.6 Å². The Kier molecular flexibility index (Phi) is 6.39. The number of nitrogens with one attached hydrogen (secondary N) is 1. The molecule has 138 valence electrons. The Bertz CT molecular complexity index is 933. The minimum Gasteiger partial charge on any atom is -0.473 e. The molecule has 27 heavy (non-hydrogen) atoms. The van der Waals surface area contributed by atoms with Crippen molar-refractivity contribution in [2.75, 3.05) is 0 Å².